The molecule has 2 aromatic carbocycles. The Morgan fingerprint density at radius 1 is 0.433 bits per heavy atom. The zero-order valence-electron chi connectivity index (χ0n) is 17.1. The van der Waals surface area contributed by atoms with Crippen molar-refractivity contribution in [3.63, 3.8) is 0 Å². The van der Waals surface area contributed by atoms with Crippen molar-refractivity contribution in [1.29, 1.82) is 0 Å². The number of hydrogen-bond acceptors (Lipinski definition) is 10. The van der Waals surface area contributed by atoms with E-state index >= 15 is 0 Å². The SMILES string of the molecule is COc1c(OC)c2oc(=O)c3c(OC)c(OC)c(OC)c4oc(=O)c(c1OC)c2c43. The van der Waals surface area contributed by atoms with Crippen LogP contribution in [0.5, 0.6) is 34.5 Å². The summed E-state index contributed by atoms with van der Waals surface area (Å²) in [4.78, 5) is 26.0. The largest absolute Gasteiger partial charge is 0.492 e. The molecule has 10 nitrogen and oxygen atoms in total. The van der Waals surface area contributed by atoms with Crippen LogP contribution in [0.2, 0.25) is 0 Å². The third-order valence-electron chi connectivity index (χ3n) is 4.92. The van der Waals surface area contributed by atoms with E-state index in [1.807, 2.05) is 0 Å². The fourth-order valence-corrected chi connectivity index (χ4v) is 3.80. The van der Waals surface area contributed by atoms with E-state index in [0.717, 1.165) is 0 Å². The van der Waals surface area contributed by atoms with Gasteiger partial charge in [-0.15, -0.1) is 0 Å². The summed E-state index contributed by atoms with van der Waals surface area (Å²) in [5.74, 6) is 0.474. The van der Waals surface area contributed by atoms with Crippen LogP contribution in [0.25, 0.3) is 32.7 Å². The van der Waals surface area contributed by atoms with Crippen molar-refractivity contribution in [3.05, 3.63) is 20.8 Å². The predicted octanol–water partition coefficient (Wildman–Crippen LogP) is 2.54. The van der Waals surface area contributed by atoms with Crippen LogP contribution in [-0.4, -0.2) is 42.7 Å². The molecule has 2 aromatic heterocycles. The van der Waals surface area contributed by atoms with Crippen molar-refractivity contribution >= 4 is 32.7 Å². The fraction of sp³-hybridized carbons (Fsp3) is 0.300. The summed E-state index contributed by atoms with van der Waals surface area (Å²) in [5.41, 5.74) is -1.53. The molecule has 2 heterocycles. The normalized spacial score (nSPS) is 11.3. The maximum Gasteiger partial charge on any atom is 0.348 e. The lowest BCUT2D eigenvalue weighted by Gasteiger charge is -2.20. The molecule has 158 valence electrons. The van der Waals surface area contributed by atoms with E-state index in [0.29, 0.717) is 0 Å². The van der Waals surface area contributed by atoms with Crippen molar-refractivity contribution in [1.82, 2.24) is 0 Å². The molecule has 4 rings (SSSR count). The van der Waals surface area contributed by atoms with Gasteiger partial charge >= 0.3 is 11.3 Å². The van der Waals surface area contributed by atoms with Crippen LogP contribution >= 0.6 is 0 Å². The number of rotatable bonds is 6. The zero-order valence-corrected chi connectivity index (χ0v) is 17.1. The summed E-state index contributed by atoms with van der Waals surface area (Å²) in [5, 5.41) is 0.510. The monoisotopic (exact) mass is 418 g/mol. The van der Waals surface area contributed by atoms with Crippen LogP contribution in [0.1, 0.15) is 0 Å². The molecule has 0 saturated carbocycles. The first-order valence-electron chi connectivity index (χ1n) is 8.65. The summed E-state index contributed by atoms with van der Waals surface area (Å²) in [7, 11) is 8.23. The standard InChI is InChI=1S/C20H18O10/c1-23-11-9-7-8-10(20(22)30-13(7)17(27-5)15(11)25-3)12(24-2)16(26-4)18(28-6)14(8)29-19(9)21/h1-6H3. The average Bonchev–Trinajstić information content (AvgIpc) is 2.76. The molecule has 0 aliphatic heterocycles. The van der Waals surface area contributed by atoms with Gasteiger partial charge in [0.15, 0.2) is 22.7 Å². The summed E-state index contributed by atoms with van der Waals surface area (Å²) < 4.78 is 43.6. The number of benzene rings is 2. The van der Waals surface area contributed by atoms with Gasteiger partial charge in [-0.05, 0) is 0 Å². The Bertz CT molecular complexity index is 1290. The maximum absolute atomic E-state index is 13.0. The summed E-state index contributed by atoms with van der Waals surface area (Å²) in [6.07, 6.45) is 0. The average molecular weight is 418 g/mol. The summed E-state index contributed by atoms with van der Waals surface area (Å²) >= 11 is 0. The number of methoxy groups -OCH3 is 6. The molecular weight excluding hydrogens is 400 g/mol. The van der Waals surface area contributed by atoms with Crippen LogP contribution in [0.15, 0.2) is 18.4 Å². The Labute approximate surface area is 168 Å². The van der Waals surface area contributed by atoms with E-state index < -0.39 is 11.3 Å². The van der Waals surface area contributed by atoms with Crippen molar-refractivity contribution in [2.75, 3.05) is 42.7 Å². The summed E-state index contributed by atoms with van der Waals surface area (Å²) in [6, 6.07) is 0. The second-order valence-corrected chi connectivity index (χ2v) is 6.14. The lowest BCUT2D eigenvalue weighted by molar-refractivity contribution is 0.321. The van der Waals surface area contributed by atoms with Gasteiger partial charge in [0.2, 0.25) is 23.0 Å². The Hall–Kier alpha value is -3.82. The Morgan fingerprint density at radius 3 is 1.00 bits per heavy atom. The molecule has 0 N–H and O–H groups in total. The minimum absolute atomic E-state index is 0.00479. The first kappa shape index (κ1) is 19.5. The van der Waals surface area contributed by atoms with Gasteiger partial charge in [-0.1, -0.05) is 0 Å². The maximum atomic E-state index is 13.0. The number of hydrogen-bond donors (Lipinski definition) is 0. The molecule has 0 saturated heterocycles. The van der Waals surface area contributed by atoms with Gasteiger partial charge in [0.25, 0.3) is 0 Å². The zero-order chi connectivity index (χ0) is 21.7. The second kappa shape index (κ2) is 6.90. The predicted molar refractivity (Wildman–Crippen MR) is 107 cm³/mol. The van der Waals surface area contributed by atoms with Gasteiger partial charge in [-0.3, -0.25) is 0 Å². The molecule has 0 amide bonds. The molecule has 10 heteroatoms. The molecule has 0 atom stereocenters. The van der Waals surface area contributed by atoms with Gasteiger partial charge in [-0.25, -0.2) is 9.59 Å². The topological polar surface area (TPSA) is 116 Å². The molecule has 0 unspecified atom stereocenters. The highest BCUT2D eigenvalue weighted by Crippen LogP contribution is 2.53. The van der Waals surface area contributed by atoms with Gasteiger partial charge in [0.1, 0.15) is 10.8 Å². The highest BCUT2D eigenvalue weighted by molar-refractivity contribution is 6.25. The third kappa shape index (κ3) is 2.24. The smallest absolute Gasteiger partial charge is 0.348 e. The summed E-state index contributed by atoms with van der Waals surface area (Å²) in [6.45, 7) is 0. The fourth-order valence-electron chi connectivity index (χ4n) is 3.80. The second-order valence-electron chi connectivity index (χ2n) is 6.14. The molecule has 0 spiro atoms. The van der Waals surface area contributed by atoms with E-state index in [2.05, 4.69) is 0 Å². The van der Waals surface area contributed by atoms with Crippen LogP contribution < -0.4 is 39.7 Å². The van der Waals surface area contributed by atoms with Crippen molar-refractivity contribution < 1.29 is 37.3 Å². The minimum Gasteiger partial charge on any atom is -0.492 e. The molecular formula is C20H18O10. The van der Waals surface area contributed by atoms with Crippen molar-refractivity contribution in [2.24, 2.45) is 0 Å². The van der Waals surface area contributed by atoms with E-state index in [1.165, 1.54) is 42.7 Å². The first-order valence-corrected chi connectivity index (χ1v) is 8.65. The van der Waals surface area contributed by atoms with Crippen molar-refractivity contribution in [2.45, 2.75) is 0 Å². The van der Waals surface area contributed by atoms with Crippen LogP contribution in [0.3, 0.4) is 0 Å². The van der Waals surface area contributed by atoms with Crippen LogP contribution in [-0.2, 0) is 0 Å². The molecule has 0 aliphatic rings. The van der Waals surface area contributed by atoms with Gasteiger partial charge < -0.3 is 37.3 Å². The Kier molecular flexibility index (Phi) is 4.49. The third-order valence-corrected chi connectivity index (χ3v) is 4.92. The highest BCUT2D eigenvalue weighted by atomic mass is 16.5. The first-order chi connectivity index (χ1) is 14.5. The van der Waals surface area contributed by atoms with E-state index in [1.54, 1.807) is 0 Å². The molecule has 0 fully saturated rings. The van der Waals surface area contributed by atoms with E-state index in [9.17, 15) is 9.59 Å². The lowest BCUT2D eigenvalue weighted by atomic mass is 10.00. The Morgan fingerprint density at radius 2 is 0.733 bits per heavy atom. The lowest BCUT2D eigenvalue weighted by Crippen LogP contribution is -2.12. The number of ether oxygens (including phenoxy) is 6. The molecule has 30 heavy (non-hydrogen) atoms. The van der Waals surface area contributed by atoms with Crippen molar-refractivity contribution in [3.8, 4) is 34.5 Å². The minimum atomic E-state index is -0.758. The van der Waals surface area contributed by atoms with Crippen LogP contribution in [0.4, 0.5) is 0 Å². The molecule has 0 bridgehead atoms. The Balaban J connectivity index is 2.50. The van der Waals surface area contributed by atoms with E-state index in [4.69, 9.17) is 37.3 Å². The van der Waals surface area contributed by atoms with Gasteiger partial charge in [0.05, 0.1) is 53.4 Å². The van der Waals surface area contributed by atoms with Gasteiger partial charge in [-0.2, -0.15) is 0 Å². The van der Waals surface area contributed by atoms with Crippen LogP contribution in [0, 0.1) is 0 Å². The quantitative estimate of drug-likeness (QED) is 0.342. The molecule has 4 aromatic rings. The van der Waals surface area contributed by atoms with E-state index in [-0.39, 0.29) is 67.2 Å². The van der Waals surface area contributed by atoms with Gasteiger partial charge in [0, 0.05) is 0 Å². The highest BCUT2D eigenvalue weighted by Gasteiger charge is 2.33. The molecule has 0 radical (unpaired) electrons. The molecule has 0 aliphatic carbocycles.